The van der Waals surface area contributed by atoms with Crippen molar-refractivity contribution < 1.29 is 4.79 Å². The Kier molecular flexibility index (Phi) is 3.22. The van der Waals surface area contributed by atoms with Crippen LogP contribution in [0.25, 0.3) is 10.9 Å². The summed E-state index contributed by atoms with van der Waals surface area (Å²) in [5.74, 6) is 0.00635. The van der Waals surface area contributed by atoms with E-state index in [-0.39, 0.29) is 11.9 Å². The Morgan fingerprint density at radius 1 is 1.17 bits per heavy atom. The Labute approximate surface area is 135 Å². The maximum absolute atomic E-state index is 12.7. The number of aryl methyl sites for hydroxylation is 3. The maximum Gasteiger partial charge on any atom is 0.251 e. The second kappa shape index (κ2) is 5.27. The Morgan fingerprint density at radius 3 is 2.87 bits per heavy atom. The van der Waals surface area contributed by atoms with Crippen molar-refractivity contribution in [3.8, 4) is 0 Å². The first kappa shape index (κ1) is 14.1. The van der Waals surface area contributed by atoms with Gasteiger partial charge in [0.2, 0.25) is 0 Å². The lowest BCUT2D eigenvalue weighted by Crippen LogP contribution is -2.27. The van der Waals surface area contributed by atoms with Crippen LogP contribution in [0.2, 0.25) is 0 Å². The fourth-order valence-electron chi connectivity index (χ4n) is 3.55. The second-order valence-corrected chi connectivity index (χ2v) is 6.40. The smallest absolute Gasteiger partial charge is 0.251 e. The molecule has 3 nitrogen and oxygen atoms in total. The highest BCUT2D eigenvalue weighted by atomic mass is 16.1. The summed E-state index contributed by atoms with van der Waals surface area (Å²) in [7, 11) is 0. The predicted octanol–water partition coefficient (Wildman–Crippen LogP) is 4.20. The quantitative estimate of drug-likeness (QED) is 0.732. The Hall–Kier alpha value is -2.55. The number of carbonyl (C=O) groups excluding carboxylic acids is 1. The molecule has 2 N–H and O–H groups in total. The van der Waals surface area contributed by atoms with Gasteiger partial charge in [-0.25, -0.2) is 0 Å². The third-order valence-electron chi connectivity index (χ3n) is 5.01. The van der Waals surface area contributed by atoms with Crippen LogP contribution in [-0.4, -0.2) is 10.9 Å². The van der Waals surface area contributed by atoms with Crippen LogP contribution in [0, 0.1) is 13.8 Å². The van der Waals surface area contributed by atoms with E-state index >= 15 is 0 Å². The number of carbonyl (C=O) groups is 1. The summed E-state index contributed by atoms with van der Waals surface area (Å²) in [6.45, 7) is 4.15. The number of benzene rings is 2. The molecule has 0 aliphatic heterocycles. The SMILES string of the molecule is Cc1[nH]c2ccc(C(=O)N[C@H]3CCc4ccccc43)cc2c1C. The molecule has 0 radical (unpaired) electrons. The zero-order chi connectivity index (χ0) is 16.0. The van der Waals surface area contributed by atoms with Crippen molar-refractivity contribution in [2.45, 2.75) is 32.7 Å². The summed E-state index contributed by atoms with van der Waals surface area (Å²) >= 11 is 0. The van der Waals surface area contributed by atoms with Gasteiger partial charge in [-0.2, -0.15) is 0 Å². The lowest BCUT2D eigenvalue weighted by atomic mass is 10.1. The lowest BCUT2D eigenvalue weighted by molar-refractivity contribution is 0.0937. The van der Waals surface area contributed by atoms with Crippen LogP contribution in [0.15, 0.2) is 42.5 Å². The number of nitrogens with one attached hydrogen (secondary N) is 2. The number of hydrogen-bond donors (Lipinski definition) is 2. The molecule has 116 valence electrons. The van der Waals surface area contributed by atoms with Gasteiger partial charge in [0.15, 0.2) is 0 Å². The number of hydrogen-bond acceptors (Lipinski definition) is 1. The van der Waals surface area contributed by atoms with Gasteiger partial charge in [0, 0.05) is 22.2 Å². The van der Waals surface area contributed by atoms with Gasteiger partial charge in [-0.05, 0) is 61.6 Å². The van der Waals surface area contributed by atoms with E-state index < -0.39 is 0 Å². The largest absolute Gasteiger partial charge is 0.358 e. The van der Waals surface area contributed by atoms with Gasteiger partial charge >= 0.3 is 0 Å². The molecule has 1 heterocycles. The average Bonchev–Trinajstić information content (AvgIpc) is 3.09. The van der Waals surface area contributed by atoms with Crippen molar-refractivity contribution in [3.05, 3.63) is 70.4 Å². The summed E-state index contributed by atoms with van der Waals surface area (Å²) in [5, 5.41) is 4.32. The van der Waals surface area contributed by atoms with Crippen LogP contribution < -0.4 is 5.32 Å². The molecular formula is C20H20N2O. The van der Waals surface area contributed by atoms with Gasteiger partial charge in [-0.3, -0.25) is 4.79 Å². The van der Waals surface area contributed by atoms with Crippen molar-refractivity contribution in [2.75, 3.05) is 0 Å². The summed E-state index contributed by atoms with van der Waals surface area (Å²) in [6, 6.07) is 14.4. The molecule has 4 rings (SSSR count). The van der Waals surface area contributed by atoms with E-state index in [1.54, 1.807) is 0 Å². The number of aromatic nitrogens is 1. The monoisotopic (exact) mass is 304 g/mol. The van der Waals surface area contributed by atoms with Crippen LogP contribution in [0.5, 0.6) is 0 Å². The molecule has 2 aromatic carbocycles. The molecular weight excluding hydrogens is 284 g/mol. The van der Waals surface area contributed by atoms with E-state index in [0.29, 0.717) is 0 Å². The molecule has 0 bridgehead atoms. The molecule has 0 spiro atoms. The standard InChI is InChI=1S/C20H20N2O/c1-12-13(2)21-19-10-8-15(11-17(12)19)20(23)22-18-9-7-14-5-3-4-6-16(14)18/h3-6,8,10-11,18,21H,7,9H2,1-2H3,(H,22,23)/t18-/m0/s1. The third-order valence-corrected chi connectivity index (χ3v) is 5.01. The fourth-order valence-corrected chi connectivity index (χ4v) is 3.55. The minimum absolute atomic E-state index is 0.00635. The van der Waals surface area contributed by atoms with Crippen molar-refractivity contribution in [3.63, 3.8) is 0 Å². The normalized spacial score (nSPS) is 16.5. The van der Waals surface area contributed by atoms with Crippen LogP contribution in [0.1, 0.15) is 45.2 Å². The number of rotatable bonds is 2. The molecule has 3 aromatic rings. The molecule has 0 saturated carbocycles. The Bertz CT molecular complexity index is 907. The van der Waals surface area contributed by atoms with E-state index in [0.717, 1.165) is 35.0 Å². The highest BCUT2D eigenvalue weighted by Gasteiger charge is 2.23. The van der Waals surface area contributed by atoms with E-state index in [4.69, 9.17) is 0 Å². The number of fused-ring (bicyclic) bond motifs is 2. The first-order valence-corrected chi connectivity index (χ1v) is 8.11. The van der Waals surface area contributed by atoms with Crippen molar-refractivity contribution in [1.29, 1.82) is 0 Å². The minimum Gasteiger partial charge on any atom is -0.358 e. The van der Waals surface area contributed by atoms with E-state index in [2.05, 4.69) is 42.3 Å². The van der Waals surface area contributed by atoms with Crippen LogP contribution in [-0.2, 0) is 6.42 Å². The van der Waals surface area contributed by atoms with Crippen LogP contribution >= 0.6 is 0 Å². The second-order valence-electron chi connectivity index (χ2n) is 6.40. The molecule has 23 heavy (non-hydrogen) atoms. The van der Waals surface area contributed by atoms with Gasteiger partial charge < -0.3 is 10.3 Å². The minimum atomic E-state index is 0.00635. The zero-order valence-corrected chi connectivity index (χ0v) is 13.4. The summed E-state index contributed by atoms with van der Waals surface area (Å²) in [4.78, 5) is 16.0. The molecule has 1 aromatic heterocycles. The molecule has 1 atom stereocenters. The lowest BCUT2D eigenvalue weighted by Gasteiger charge is -2.14. The molecule has 1 amide bonds. The molecule has 3 heteroatoms. The number of aromatic amines is 1. The van der Waals surface area contributed by atoms with Gasteiger partial charge in [0.1, 0.15) is 0 Å². The number of H-pyrrole nitrogens is 1. The zero-order valence-electron chi connectivity index (χ0n) is 13.4. The maximum atomic E-state index is 12.7. The highest BCUT2D eigenvalue weighted by molar-refractivity contribution is 5.99. The summed E-state index contributed by atoms with van der Waals surface area (Å²) < 4.78 is 0. The molecule has 1 aliphatic carbocycles. The summed E-state index contributed by atoms with van der Waals surface area (Å²) in [5.41, 5.74) is 6.79. The van der Waals surface area contributed by atoms with Crippen molar-refractivity contribution in [2.24, 2.45) is 0 Å². The fraction of sp³-hybridized carbons (Fsp3) is 0.250. The molecule has 0 unspecified atom stereocenters. The number of amides is 1. The van der Waals surface area contributed by atoms with Crippen molar-refractivity contribution >= 4 is 16.8 Å². The predicted molar refractivity (Wildman–Crippen MR) is 92.7 cm³/mol. The van der Waals surface area contributed by atoms with Gasteiger partial charge in [-0.15, -0.1) is 0 Å². The third kappa shape index (κ3) is 2.33. The van der Waals surface area contributed by atoms with Gasteiger partial charge in [0.25, 0.3) is 5.91 Å². The average molecular weight is 304 g/mol. The summed E-state index contributed by atoms with van der Waals surface area (Å²) in [6.07, 6.45) is 2.02. The Morgan fingerprint density at radius 2 is 2.00 bits per heavy atom. The molecule has 1 aliphatic rings. The molecule has 0 saturated heterocycles. The Balaban J connectivity index is 1.61. The van der Waals surface area contributed by atoms with E-state index in [1.165, 1.54) is 16.7 Å². The van der Waals surface area contributed by atoms with Gasteiger partial charge in [-0.1, -0.05) is 24.3 Å². The van der Waals surface area contributed by atoms with E-state index in [9.17, 15) is 4.79 Å². The first-order chi connectivity index (χ1) is 11.1. The topological polar surface area (TPSA) is 44.9 Å². The van der Waals surface area contributed by atoms with Crippen LogP contribution in [0.3, 0.4) is 0 Å². The van der Waals surface area contributed by atoms with Crippen molar-refractivity contribution in [1.82, 2.24) is 10.3 Å². The van der Waals surface area contributed by atoms with Crippen LogP contribution in [0.4, 0.5) is 0 Å². The van der Waals surface area contributed by atoms with Gasteiger partial charge in [0.05, 0.1) is 6.04 Å². The van der Waals surface area contributed by atoms with E-state index in [1.807, 2.05) is 24.3 Å². The first-order valence-electron chi connectivity index (χ1n) is 8.11. The molecule has 0 fully saturated rings. The highest BCUT2D eigenvalue weighted by Crippen LogP contribution is 2.31.